The maximum absolute atomic E-state index is 10.9. The average molecular weight is 212 g/mol. The fraction of sp³-hybridized carbons (Fsp3) is 0. The molecule has 1 radical (unpaired) electrons. The average Bonchev–Trinajstić information content (AvgIpc) is 2.43. The number of rotatable bonds is 1. The molecule has 2 N–H and O–H groups in total. The highest BCUT2D eigenvalue weighted by atomic mass is 35.5. The molecule has 0 spiro atoms. The van der Waals surface area contributed by atoms with E-state index in [1.54, 1.807) is 6.07 Å². The first kappa shape index (κ1) is 8.47. The second-order valence-corrected chi connectivity index (χ2v) is 4.03. The third-order valence-corrected chi connectivity index (χ3v) is 2.70. The summed E-state index contributed by atoms with van der Waals surface area (Å²) in [6.45, 7) is 0. The smallest absolute Gasteiger partial charge is 0.250 e. The molecule has 1 aromatic heterocycles. The van der Waals surface area contributed by atoms with E-state index in [1.807, 2.05) is 0 Å². The van der Waals surface area contributed by atoms with Gasteiger partial charge in [0.05, 0.1) is 15.8 Å². The molecule has 1 aromatic carbocycles. The van der Waals surface area contributed by atoms with Crippen LogP contribution in [0, 0.1) is 6.07 Å². The lowest BCUT2D eigenvalue weighted by Gasteiger charge is -1.93. The Labute approximate surface area is 83.1 Å². The minimum atomic E-state index is -0.510. The third kappa shape index (κ3) is 1.38. The fourth-order valence-electron chi connectivity index (χ4n) is 1.05. The van der Waals surface area contributed by atoms with Crippen LogP contribution in [0.4, 0.5) is 0 Å². The van der Waals surface area contributed by atoms with Gasteiger partial charge < -0.3 is 5.73 Å². The molecule has 0 aliphatic heterocycles. The molecule has 0 fully saturated rings. The van der Waals surface area contributed by atoms with Crippen LogP contribution in [0.2, 0.25) is 4.47 Å². The van der Waals surface area contributed by atoms with Gasteiger partial charge in [-0.1, -0.05) is 11.6 Å². The quantitative estimate of drug-likeness (QED) is 0.783. The van der Waals surface area contributed by atoms with Crippen molar-refractivity contribution in [1.29, 1.82) is 0 Å². The van der Waals surface area contributed by atoms with Crippen molar-refractivity contribution in [3.63, 3.8) is 0 Å². The molecule has 0 unspecified atom stereocenters. The summed E-state index contributed by atoms with van der Waals surface area (Å²) in [5.41, 5.74) is 6.07. The summed E-state index contributed by atoms with van der Waals surface area (Å²) in [6, 6.07) is 6.05. The SMILES string of the molecule is NC(=O)c1c[c]cc2sc(Cl)nc12. The van der Waals surface area contributed by atoms with Crippen molar-refractivity contribution in [2.45, 2.75) is 0 Å². The molecule has 1 amide bonds. The van der Waals surface area contributed by atoms with Crippen LogP contribution in [0.1, 0.15) is 10.4 Å². The summed E-state index contributed by atoms with van der Waals surface area (Å²) >= 11 is 7.00. The summed E-state index contributed by atoms with van der Waals surface area (Å²) in [4.78, 5) is 14.9. The van der Waals surface area contributed by atoms with Crippen LogP contribution in [-0.4, -0.2) is 10.9 Å². The molecular formula is C8H4ClN2OS. The zero-order valence-corrected chi connectivity index (χ0v) is 7.95. The van der Waals surface area contributed by atoms with Crippen molar-refractivity contribution in [1.82, 2.24) is 4.98 Å². The van der Waals surface area contributed by atoms with Gasteiger partial charge in [-0.3, -0.25) is 4.79 Å². The minimum Gasteiger partial charge on any atom is -0.366 e. The first-order valence-electron chi connectivity index (χ1n) is 3.44. The molecule has 0 saturated carbocycles. The molecule has 2 rings (SSSR count). The predicted molar refractivity (Wildman–Crippen MR) is 52.0 cm³/mol. The van der Waals surface area contributed by atoms with E-state index in [-0.39, 0.29) is 0 Å². The number of hydrogen-bond acceptors (Lipinski definition) is 3. The van der Waals surface area contributed by atoms with Gasteiger partial charge in [0.2, 0.25) is 0 Å². The highest BCUT2D eigenvalue weighted by Gasteiger charge is 2.10. The van der Waals surface area contributed by atoms with Crippen LogP contribution in [0.3, 0.4) is 0 Å². The zero-order chi connectivity index (χ0) is 9.42. The number of halogens is 1. The number of nitrogens with two attached hydrogens (primary N) is 1. The highest BCUT2D eigenvalue weighted by molar-refractivity contribution is 7.22. The van der Waals surface area contributed by atoms with E-state index >= 15 is 0 Å². The normalized spacial score (nSPS) is 10.5. The van der Waals surface area contributed by atoms with Gasteiger partial charge in [-0.2, -0.15) is 0 Å². The number of thiazole rings is 1. The number of primary amides is 1. The molecular weight excluding hydrogens is 208 g/mol. The van der Waals surface area contributed by atoms with Crippen LogP contribution in [0.25, 0.3) is 10.2 Å². The van der Waals surface area contributed by atoms with Crippen LogP contribution >= 0.6 is 22.9 Å². The van der Waals surface area contributed by atoms with E-state index in [4.69, 9.17) is 17.3 Å². The van der Waals surface area contributed by atoms with Crippen molar-refractivity contribution in [2.24, 2.45) is 5.73 Å². The monoisotopic (exact) mass is 211 g/mol. The Balaban J connectivity index is 2.82. The van der Waals surface area contributed by atoms with E-state index in [0.717, 1.165) is 4.70 Å². The molecule has 0 bridgehead atoms. The van der Waals surface area contributed by atoms with Crippen LogP contribution in [-0.2, 0) is 0 Å². The highest BCUT2D eigenvalue weighted by Crippen LogP contribution is 2.27. The first-order valence-corrected chi connectivity index (χ1v) is 4.64. The molecule has 2 aromatic rings. The Morgan fingerprint density at radius 1 is 1.62 bits per heavy atom. The molecule has 3 nitrogen and oxygen atoms in total. The molecule has 5 heteroatoms. The number of carbonyl (C=O) groups is 1. The number of amides is 1. The van der Waals surface area contributed by atoms with Gasteiger partial charge in [0.25, 0.3) is 5.91 Å². The van der Waals surface area contributed by atoms with Crippen LogP contribution < -0.4 is 5.73 Å². The number of benzene rings is 1. The van der Waals surface area contributed by atoms with Gasteiger partial charge in [-0.25, -0.2) is 4.98 Å². The molecule has 0 saturated heterocycles. The largest absolute Gasteiger partial charge is 0.366 e. The molecule has 0 aliphatic rings. The van der Waals surface area contributed by atoms with Gasteiger partial charge in [0.1, 0.15) is 0 Å². The van der Waals surface area contributed by atoms with Crippen molar-refractivity contribution in [3.8, 4) is 0 Å². The molecule has 1 heterocycles. The Hall–Kier alpha value is -1.13. The van der Waals surface area contributed by atoms with Crippen molar-refractivity contribution >= 4 is 39.1 Å². The van der Waals surface area contributed by atoms with E-state index in [1.165, 1.54) is 17.4 Å². The van der Waals surface area contributed by atoms with Crippen LogP contribution in [0.15, 0.2) is 12.1 Å². The van der Waals surface area contributed by atoms with Crippen molar-refractivity contribution < 1.29 is 4.79 Å². The van der Waals surface area contributed by atoms with Gasteiger partial charge in [-0.05, 0) is 18.2 Å². The predicted octanol–water partition coefficient (Wildman–Crippen LogP) is 1.85. The zero-order valence-electron chi connectivity index (χ0n) is 6.37. The van der Waals surface area contributed by atoms with Gasteiger partial charge >= 0.3 is 0 Å². The lowest BCUT2D eigenvalue weighted by atomic mass is 10.2. The van der Waals surface area contributed by atoms with Crippen molar-refractivity contribution in [3.05, 3.63) is 28.2 Å². The van der Waals surface area contributed by atoms with E-state index in [0.29, 0.717) is 15.5 Å². The van der Waals surface area contributed by atoms with Crippen molar-refractivity contribution in [2.75, 3.05) is 0 Å². The molecule has 0 aliphatic carbocycles. The van der Waals surface area contributed by atoms with E-state index < -0.39 is 5.91 Å². The van der Waals surface area contributed by atoms with E-state index in [2.05, 4.69) is 11.1 Å². The lowest BCUT2D eigenvalue weighted by Crippen LogP contribution is -2.11. The van der Waals surface area contributed by atoms with Gasteiger partial charge in [0.15, 0.2) is 4.47 Å². The lowest BCUT2D eigenvalue weighted by molar-refractivity contribution is 0.100. The second-order valence-electron chi connectivity index (χ2n) is 2.41. The third-order valence-electron chi connectivity index (χ3n) is 1.59. The summed E-state index contributed by atoms with van der Waals surface area (Å²) in [5, 5.41) is 0. The number of fused-ring (bicyclic) bond motifs is 1. The summed E-state index contributed by atoms with van der Waals surface area (Å²) in [6.07, 6.45) is 0. The maximum Gasteiger partial charge on any atom is 0.250 e. The summed E-state index contributed by atoms with van der Waals surface area (Å²) < 4.78 is 1.22. The van der Waals surface area contributed by atoms with Gasteiger partial charge in [0, 0.05) is 0 Å². The fourth-order valence-corrected chi connectivity index (χ4v) is 2.08. The Morgan fingerprint density at radius 3 is 3.08 bits per heavy atom. The Bertz CT molecular complexity index is 480. The maximum atomic E-state index is 10.9. The minimum absolute atomic E-state index is 0.362. The molecule has 65 valence electrons. The number of aromatic nitrogens is 1. The standard InChI is InChI=1S/C8H4ClN2OS/c9-8-11-6-4(7(10)12)2-1-3-5(6)13-8/h2-3H,(H2,10,12). The second kappa shape index (κ2) is 2.97. The molecule has 13 heavy (non-hydrogen) atoms. The first-order chi connectivity index (χ1) is 6.18. The van der Waals surface area contributed by atoms with Crippen LogP contribution in [0.5, 0.6) is 0 Å². The number of carbonyl (C=O) groups excluding carboxylic acids is 1. The Morgan fingerprint density at radius 2 is 2.38 bits per heavy atom. The van der Waals surface area contributed by atoms with E-state index in [9.17, 15) is 4.79 Å². The van der Waals surface area contributed by atoms with Gasteiger partial charge in [-0.15, -0.1) is 11.3 Å². The number of nitrogens with zero attached hydrogens (tertiary/aromatic N) is 1. The molecule has 0 atom stereocenters. The number of hydrogen-bond donors (Lipinski definition) is 1. The topological polar surface area (TPSA) is 56.0 Å². The Kier molecular flexibility index (Phi) is 1.94. The summed E-state index contributed by atoms with van der Waals surface area (Å²) in [7, 11) is 0. The summed E-state index contributed by atoms with van der Waals surface area (Å²) in [5.74, 6) is -0.510.